The van der Waals surface area contributed by atoms with Crippen molar-refractivity contribution in [1.29, 1.82) is 0 Å². The van der Waals surface area contributed by atoms with Gasteiger partial charge in [-0.25, -0.2) is 0 Å². The molecule has 0 aliphatic carbocycles. The number of rotatable bonds is 2. The lowest BCUT2D eigenvalue weighted by Gasteiger charge is -2.43. The van der Waals surface area contributed by atoms with Crippen LogP contribution in [0.2, 0.25) is 0 Å². The zero-order chi connectivity index (χ0) is 13.4. The standard InChI is InChI=1S/C13H21N5O/c1-9-11(10(2)16-15-9)7-17-5-6-18-4-3-14-13(19)12(18)8-17/h12H,3-8H2,1-2H3,(H,14,19)(H,15,16)/t12-/m1/s1. The van der Waals surface area contributed by atoms with Gasteiger partial charge in [-0.3, -0.25) is 19.7 Å². The molecule has 1 aromatic rings. The van der Waals surface area contributed by atoms with Crippen molar-refractivity contribution in [1.82, 2.24) is 25.3 Å². The van der Waals surface area contributed by atoms with Gasteiger partial charge in [0.1, 0.15) is 6.04 Å². The molecule has 104 valence electrons. The zero-order valence-corrected chi connectivity index (χ0v) is 11.6. The number of aromatic nitrogens is 2. The van der Waals surface area contributed by atoms with Gasteiger partial charge in [0.2, 0.25) is 5.91 Å². The summed E-state index contributed by atoms with van der Waals surface area (Å²) < 4.78 is 0. The topological polar surface area (TPSA) is 64.3 Å². The molecule has 2 aliphatic rings. The van der Waals surface area contributed by atoms with Crippen molar-refractivity contribution in [3.8, 4) is 0 Å². The van der Waals surface area contributed by atoms with Crippen molar-refractivity contribution in [3.05, 3.63) is 17.0 Å². The molecule has 0 bridgehead atoms. The summed E-state index contributed by atoms with van der Waals surface area (Å²) in [6.07, 6.45) is 0. The Hall–Kier alpha value is -1.40. The number of aromatic amines is 1. The minimum atomic E-state index is 0.0232. The largest absolute Gasteiger partial charge is 0.353 e. The third-order valence-electron chi connectivity index (χ3n) is 4.24. The molecular weight excluding hydrogens is 242 g/mol. The number of nitrogens with one attached hydrogen (secondary N) is 2. The number of aryl methyl sites for hydroxylation is 2. The highest BCUT2D eigenvalue weighted by atomic mass is 16.2. The van der Waals surface area contributed by atoms with Gasteiger partial charge in [-0.05, 0) is 13.8 Å². The first-order chi connectivity index (χ1) is 9.15. The predicted octanol–water partition coefficient (Wildman–Crippen LogP) is -0.357. The summed E-state index contributed by atoms with van der Waals surface area (Å²) in [4.78, 5) is 16.6. The number of carbonyl (C=O) groups excluding carboxylic acids is 1. The Bertz CT molecular complexity index is 464. The lowest BCUT2D eigenvalue weighted by Crippen LogP contribution is -2.63. The normalized spacial score (nSPS) is 25.2. The van der Waals surface area contributed by atoms with E-state index >= 15 is 0 Å². The van der Waals surface area contributed by atoms with E-state index in [0.717, 1.165) is 50.7 Å². The fourth-order valence-electron chi connectivity index (χ4n) is 3.01. The first-order valence-corrected chi connectivity index (χ1v) is 6.89. The molecule has 6 nitrogen and oxygen atoms in total. The molecule has 1 aromatic heterocycles. The quantitative estimate of drug-likeness (QED) is 0.765. The molecule has 2 aliphatic heterocycles. The van der Waals surface area contributed by atoms with Crippen LogP contribution >= 0.6 is 0 Å². The smallest absolute Gasteiger partial charge is 0.238 e. The molecule has 2 fully saturated rings. The molecule has 0 spiro atoms. The summed E-state index contributed by atoms with van der Waals surface area (Å²) in [5.74, 6) is 0.177. The molecule has 3 heterocycles. The Kier molecular flexibility index (Phi) is 3.28. The third kappa shape index (κ3) is 2.37. The first kappa shape index (κ1) is 12.6. The summed E-state index contributed by atoms with van der Waals surface area (Å²) in [7, 11) is 0. The molecule has 19 heavy (non-hydrogen) atoms. The third-order valence-corrected chi connectivity index (χ3v) is 4.24. The molecule has 1 amide bonds. The molecule has 0 aromatic carbocycles. The van der Waals surface area contributed by atoms with Crippen molar-refractivity contribution in [3.63, 3.8) is 0 Å². The van der Waals surface area contributed by atoms with E-state index < -0.39 is 0 Å². The SMILES string of the molecule is Cc1n[nH]c(C)c1CN1CCN2CCNC(=O)[C@H]2C1. The summed E-state index contributed by atoms with van der Waals surface area (Å²) in [5, 5.41) is 10.2. The summed E-state index contributed by atoms with van der Waals surface area (Å²) in [5.41, 5.74) is 3.46. The van der Waals surface area contributed by atoms with Crippen molar-refractivity contribution in [2.45, 2.75) is 26.4 Å². The van der Waals surface area contributed by atoms with Crippen molar-refractivity contribution in [2.75, 3.05) is 32.7 Å². The number of carbonyl (C=O) groups is 1. The van der Waals surface area contributed by atoms with Gasteiger partial charge in [-0.1, -0.05) is 0 Å². The van der Waals surface area contributed by atoms with Gasteiger partial charge in [0, 0.05) is 50.5 Å². The number of piperazine rings is 2. The molecule has 0 radical (unpaired) electrons. The highest BCUT2D eigenvalue weighted by molar-refractivity contribution is 5.82. The second-order valence-electron chi connectivity index (χ2n) is 5.49. The fraction of sp³-hybridized carbons (Fsp3) is 0.692. The van der Waals surface area contributed by atoms with E-state index in [4.69, 9.17) is 0 Å². The summed E-state index contributed by atoms with van der Waals surface area (Å²) >= 11 is 0. The van der Waals surface area contributed by atoms with E-state index in [-0.39, 0.29) is 11.9 Å². The molecule has 0 saturated carbocycles. The maximum absolute atomic E-state index is 11.9. The van der Waals surface area contributed by atoms with Crippen LogP contribution in [-0.2, 0) is 11.3 Å². The van der Waals surface area contributed by atoms with Gasteiger partial charge in [0.15, 0.2) is 0 Å². The Morgan fingerprint density at radius 2 is 2.16 bits per heavy atom. The molecular formula is C13H21N5O. The minimum Gasteiger partial charge on any atom is -0.353 e. The highest BCUT2D eigenvalue weighted by Gasteiger charge is 2.34. The number of hydrogen-bond donors (Lipinski definition) is 2. The van der Waals surface area contributed by atoms with E-state index in [2.05, 4.69) is 32.2 Å². The van der Waals surface area contributed by atoms with E-state index in [1.807, 2.05) is 6.92 Å². The van der Waals surface area contributed by atoms with Crippen LogP contribution in [0.25, 0.3) is 0 Å². The summed E-state index contributed by atoms with van der Waals surface area (Å²) in [6.45, 7) is 9.55. The van der Waals surface area contributed by atoms with Crippen LogP contribution in [-0.4, -0.2) is 64.7 Å². The van der Waals surface area contributed by atoms with Crippen molar-refractivity contribution in [2.24, 2.45) is 0 Å². The van der Waals surface area contributed by atoms with Gasteiger partial charge in [0.25, 0.3) is 0 Å². The number of H-pyrrole nitrogens is 1. The van der Waals surface area contributed by atoms with Crippen LogP contribution in [0, 0.1) is 13.8 Å². The number of hydrogen-bond acceptors (Lipinski definition) is 4. The maximum Gasteiger partial charge on any atom is 0.238 e. The van der Waals surface area contributed by atoms with E-state index in [0.29, 0.717) is 0 Å². The van der Waals surface area contributed by atoms with E-state index in [1.165, 1.54) is 5.56 Å². The molecule has 6 heteroatoms. The van der Waals surface area contributed by atoms with Gasteiger partial charge in [-0.15, -0.1) is 0 Å². The van der Waals surface area contributed by atoms with Crippen molar-refractivity contribution >= 4 is 5.91 Å². The van der Waals surface area contributed by atoms with Gasteiger partial charge < -0.3 is 5.32 Å². The lowest BCUT2D eigenvalue weighted by atomic mass is 10.1. The molecule has 3 rings (SSSR count). The average Bonchev–Trinajstić information content (AvgIpc) is 2.72. The first-order valence-electron chi connectivity index (χ1n) is 6.89. The van der Waals surface area contributed by atoms with E-state index in [1.54, 1.807) is 0 Å². The minimum absolute atomic E-state index is 0.0232. The number of amides is 1. The molecule has 2 N–H and O–H groups in total. The molecule has 1 atom stereocenters. The highest BCUT2D eigenvalue weighted by Crippen LogP contribution is 2.17. The van der Waals surface area contributed by atoms with Crippen LogP contribution in [0.4, 0.5) is 0 Å². The van der Waals surface area contributed by atoms with Gasteiger partial charge in [-0.2, -0.15) is 5.10 Å². The van der Waals surface area contributed by atoms with Gasteiger partial charge >= 0.3 is 0 Å². The Morgan fingerprint density at radius 3 is 2.89 bits per heavy atom. The monoisotopic (exact) mass is 263 g/mol. The van der Waals surface area contributed by atoms with Crippen LogP contribution in [0.15, 0.2) is 0 Å². The Balaban J connectivity index is 1.69. The second-order valence-corrected chi connectivity index (χ2v) is 5.49. The Morgan fingerprint density at radius 1 is 1.32 bits per heavy atom. The number of nitrogens with zero attached hydrogens (tertiary/aromatic N) is 3. The molecule has 0 unspecified atom stereocenters. The van der Waals surface area contributed by atoms with Crippen LogP contribution in [0.5, 0.6) is 0 Å². The second kappa shape index (κ2) is 4.94. The fourth-order valence-corrected chi connectivity index (χ4v) is 3.01. The van der Waals surface area contributed by atoms with Crippen molar-refractivity contribution < 1.29 is 4.79 Å². The molecule has 2 saturated heterocycles. The van der Waals surface area contributed by atoms with Crippen LogP contribution < -0.4 is 5.32 Å². The summed E-state index contributed by atoms with van der Waals surface area (Å²) in [6, 6.07) is 0.0232. The Labute approximate surface area is 113 Å². The lowest BCUT2D eigenvalue weighted by molar-refractivity contribution is -0.131. The van der Waals surface area contributed by atoms with Gasteiger partial charge in [0.05, 0.1) is 5.69 Å². The van der Waals surface area contributed by atoms with E-state index in [9.17, 15) is 4.79 Å². The predicted molar refractivity (Wildman–Crippen MR) is 71.7 cm³/mol. The number of fused-ring (bicyclic) bond motifs is 1. The van der Waals surface area contributed by atoms with Crippen LogP contribution in [0.1, 0.15) is 17.0 Å². The van der Waals surface area contributed by atoms with Crippen LogP contribution in [0.3, 0.4) is 0 Å². The zero-order valence-electron chi connectivity index (χ0n) is 11.6. The maximum atomic E-state index is 11.9. The average molecular weight is 263 g/mol.